The van der Waals surface area contributed by atoms with Crippen LogP contribution in [0.4, 0.5) is 0 Å². The van der Waals surface area contributed by atoms with Crippen molar-refractivity contribution in [2.24, 2.45) is 0 Å². The highest BCUT2D eigenvalue weighted by Gasteiger charge is 2.32. The van der Waals surface area contributed by atoms with Gasteiger partial charge in [-0.3, -0.25) is 4.79 Å². The third kappa shape index (κ3) is 4.28. The predicted molar refractivity (Wildman–Crippen MR) is 120 cm³/mol. The molecule has 2 aromatic carbocycles. The largest absolute Gasteiger partial charge is 0.493 e. The Labute approximate surface area is 191 Å². The maximum atomic E-state index is 13.0. The first kappa shape index (κ1) is 22.7. The lowest BCUT2D eigenvalue weighted by atomic mass is 10.2. The van der Waals surface area contributed by atoms with E-state index >= 15 is 0 Å². The predicted octanol–water partition coefficient (Wildman–Crippen LogP) is -0.168. The summed E-state index contributed by atoms with van der Waals surface area (Å²) in [5, 5.41) is 9.68. The van der Waals surface area contributed by atoms with Crippen LogP contribution in [-0.2, 0) is 16.7 Å². The molecule has 11 heteroatoms. The van der Waals surface area contributed by atoms with Crippen LogP contribution in [0.1, 0.15) is 5.56 Å². The number of benzene rings is 2. The van der Waals surface area contributed by atoms with Crippen LogP contribution in [0.3, 0.4) is 0 Å². The number of nitrogens with one attached hydrogen (secondary N) is 1. The molecule has 0 unspecified atom stereocenters. The summed E-state index contributed by atoms with van der Waals surface area (Å²) in [6, 6.07) is 11.4. The van der Waals surface area contributed by atoms with Gasteiger partial charge in [0.2, 0.25) is 10.0 Å². The Morgan fingerprint density at radius 2 is 1.79 bits per heavy atom. The van der Waals surface area contributed by atoms with Crippen molar-refractivity contribution in [2.75, 3.05) is 40.4 Å². The fourth-order valence-corrected chi connectivity index (χ4v) is 5.55. The summed E-state index contributed by atoms with van der Waals surface area (Å²) in [6.07, 6.45) is 1.50. The van der Waals surface area contributed by atoms with Crippen molar-refractivity contribution in [1.82, 2.24) is 13.9 Å². The first-order valence-electron chi connectivity index (χ1n) is 10.3. The molecule has 3 aromatic rings. The zero-order chi connectivity index (χ0) is 23.6. The second-order valence-corrected chi connectivity index (χ2v) is 9.57. The first-order valence-corrected chi connectivity index (χ1v) is 11.8. The van der Waals surface area contributed by atoms with E-state index in [1.807, 2.05) is 6.07 Å². The van der Waals surface area contributed by atoms with Gasteiger partial charge in [0.25, 0.3) is 5.56 Å². The molecule has 33 heavy (non-hydrogen) atoms. The fourth-order valence-electron chi connectivity index (χ4n) is 3.96. The van der Waals surface area contributed by atoms with Crippen molar-refractivity contribution in [3.05, 3.63) is 58.6 Å². The molecule has 172 valence electrons. The van der Waals surface area contributed by atoms with Gasteiger partial charge in [0.15, 0.2) is 18.2 Å². The second-order valence-electron chi connectivity index (χ2n) is 7.66. The van der Waals surface area contributed by atoms with E-state index in [9.17, 15) is 18.5 Å². The monoisotopic (exact) mass is 470 g/mol. The summed E-state index contributed by atoms with van der Waals surface area (Å²) in [7, 11) is -0.735. The molecular weight excluding hydrogens is 446 g/mol. The molecule has 0 saturated carbocycles. The van der Waals surface area contributed by atoms with Gasteiger partial charge in [0.1, 0.15) is 12.4 Å². The standard InChI is InChI=1S/C22H23N5O5S/c1-31-19-11-17-18(12-20(19)32-2)24-14-26(22(17)28)15-25-7-9-27(10-8-25)33(29,30)21-6-4-3-5-16(21)13-23/h3-6,11-12,14H,7-10,15H2,1-2H3/p+1. The van der Waals surface area contributed by atoms with Gasteiger partial charge in [0.05, 0.1) is 61.8 Å². The van der Waals surface area contributed by atoms with Crippen LogP contribution in [0.25, 0.3) is 10.9 Å². The minimum atomic E-state index is -3.76. The van der Waals surface area contributed by atoms with Crippen LogP contribution in [0, 0.1) is 11.3 Å². The van der Waals surface area contributed by atoms with Crippen LogP contribution in [0.5, 0.6) is 11.5 Å². The number of quaternary nitrogens is 1. The molecule has 1 aromatic heterocycles. The van der Waals surface area contributed by atoms with Crippen molar-refractivity contribution in [2.45, 2.75) is 11.6 Å². The smallest absolute Gasteiger partial charge is 0.265 e. The Bertz CT molecular complexity index is 1390. The molecule has 0 radical (unpaired) electrons. The van der Waals surface area contributed by atoms with Crippen molar-refractivity contribution < 1.29 is 22.8 Å². The highest BCUT2D eigenvalue weighted by Crippen LogP contribution is 2.29. The Morgan fingerprint density at radius 1 is 1.12 bits per heavy atom. The lowest BCUT2D eigenvalue weighted by molar-refractivity contribution is -0.926. The highest BCUT2D eigenvalue weighted by atomic mass is 32.2. The summed E-state index contributed by atoms with van der Waals surface area (Å²) < 4.78 is 39.5. The van der Waals surface area contributed by atoms with Crippen LogP contribution < -0.4 is 19.9 Å². The van der Waals surface area contributed by atoms with Crippen LogP contribution in [0.15, 0.2) is 52.4 Å². The van der Waals surface area contributed by atoms with E-state index in [1.54, 1.807) is 24.3 Å². The van der Waals surface area contributed by atoms with Crippen molar-refractivity contribution in [1.29, 1.82) is 5.26 Å². The van der Waals surface area contributed by atoms with E-state index in [1.165, 1.54) is 41.6 Å². The molecule has 0 bridgehead atoms. The average molecular weight is 471 g/mol. The van der Waals surface area contributed by atoms with E-state index < -0.39 is 10.0 Å². The van der Waals surface area contributed by atoms with Gasteiger partial charge in [-0.2, -0.15) is 9.57 Å². The number of rotatable bonds is 6. The van der Waals surface area contributed by atoms with Gasteiger partial charge in [-0.15, -0.1) is 0 Å². The lowest BCUT2D eigenvalue weighted by Gasteiger charge is -2.31. The number of piperazine rings is 1. The van der Waals surface area contributed by atoms with Gasteiger partial charge in [-0.05, 0) is 18.2 Å². The molecule has 0 aliphatic carbocycles. The number of methoxy groups -OCH3 is 2. The van der Waals surface area contributed by atoms with E-state index in [4.69, 9.17) is 9.47 Å². The van der Waals surface area contributed by atoms with Crippen LogP contribution in [0.2, 0.25) is 0 Å². The maximum Gasteiger partial charge on any atom is 0.265 e. The van der Waals surface area contributed by atoms with Crippen molar-refractivity contribution >= 4 is 20.9 Å². The molecule has 1 aliphatic rings. The van der Waals surface area contributed by atoms with E-state index in [0.717, 1.165) is 4.90 Å². The number of hydrogen-bond donors (Lipinski definition) is 1. The molecule has 0 spiro atoms. The summed E-state index contributed by atoms with van der Waals surface area (Å²) in [5.74, 6) is 0.945. The number of ether oxygens (including phenoxy) is 2. The van der Waals surface area contributed by atoms with Gasteiger partial charge in [-0.25, -0.2) is 18.0 Å². The van der Waals surface area contributed by atoms with Crippen LogP contribution in [-0.4, -0.2) is 62.7 Å². The quantitative estimate of drug-likeness (QED) is 0.531. The fraction of sp³-hybridized carbons (Fsp3) is 0.318. The van der Waals surface area contributed by atoms with Crippen LogP contribution >= 0.6 is 0 Å². The van der Waals surface area contributed by atoms with E-state index in [-0.39, 0.29) is 29.1 Å². The number of fused-ring (bicyclic) bond motifs is 1. The third-order valence-electron chi connectivity index (χ3n) is 5.78. The van der Waals surface area contributed by atoms with Crippen molar-refractivity contribution in [3.63, 3.8) is 0 Å². The Balaban J connectivity index is 1.51. The zero-order valence-corrected chi connectivity index (χ0v) is 19.1. The Morgan fingerprint density at radius 3 is 2.45 bits per heavy atom. The van der Waals surface area contributed by atoms with Gasteiger partial charge in [-0.1, -0.05) is 12.1 Å². The molecule has 2 heterocycles. The second kappa shape index (κ2) is 9.19. The Hall–Kier alpha value is -3.46. The van der Waals surface area contributed by atoms with E-state index in [2.05, 4.69) is 4.98 Å². The minimum absolute atomic E-state index is 0.0234. The molecule has 1 N–H and O–H groups in total. The van der Waals surface area contributed by atoms with Gasteiger partial charge >= 0.3 is 0 Å². The zero-order valence-electron chi connectivity index (χ0n) is 18.3. The van der Waals surface area contributed by atoms with Gasteiger partial charge in [0, 0.05) is 6.07 Å². The summed E-state index contributed by atoms with van der Waals surface area (Å²) in [4.78, 5) is 18.5. The van der Waals surface area contributed by atoms with Crippen molar-refractivity contribution in [3.8, 4) is 17.6 Å². The molecular formula is C22H24N5O5S+. The number of nitrogens with zero attached hydrogens (tertiary/aromatic N) is 4. The lowest BCUT2D eigenvalue weighted by Crippen LogP contribution is -3.14. The normalized spacial score (nSPS) is 15.3. The third-order valence-corrected chi connectivity index (χ3v) is 7.73. The highest BCUT2D eigenvalue weighted by molar-refractivity contribution is 7.89. The molecule has 1 fully saturated rings. The molecule has 4 rings (SSSR count). The number of aromatic nitrogens is 2. The molecule has 10 nitrogen and oxygen atoms in total. The average Bonchev–Trinajstić information content (AvgIpc) is 2.85. The molecule has 1 aliphatic heterocycles. The summed E-state index contributed by atoms with van der Waals surface area (Å²) >= 11 is 0. The number of hydrogen-bond acceptors (Lipinski definition) is 7. The molecule has 0 amide bonds. The maximum absolute atomic E-state index is 13.0. The minimum Gasteiger partial charge on any atom is -0.493 e. The SMILES string of the molecule is COc1cc2ncn(C[NH+]3CCN(S(=O)(=O)c4ccccc4C#N)CC3)c(=O)c2cc1OC. The van der Waals surface area contributed by atoms with E-state index in [0.29, 0.717) is 42.2 Å². The molecule has 1 saturated heterocycles. The van der Waals surface area contributed by atoms with Gasteiger partial charge < -0.3 is 14.4 Å². The summed E-state index contributed by atoms with van der Waals surface area (Å²) in [5.41, 5.74) is 0.440. The number of nitriles is 1. The first-order chi connectivity index (χ1) is 15.9. The Kier molecular flexibility index (Phi) is 6.33. The number of sulfonamides is 1. The topological polar surface area (TPSA) is 119 Å². The summed E-state index contributed by atoms with van der Waals surface area (Å²) in [6.45, 7) is 1.98. The molecule has 0 atom stereocenters.